The summed E-state index contributed by atoms with van der Waals surface area (Å²) < 4.78 is 36.4. The summed E-state index contributed by atoms with van der Waals surface area (Å²) in [7, 11) is 2.39. The van der Waals surface area contributed by atoms with E-state index < -0.39 is 10.0 Å². The SMILES string of the molecule is CCNc1ccc(S(=O)(=O)N(C)C)cc1NCC(=O)Nc1ccc(OC)cc1OC. The predicted molar refractivity (Wildman–Crippen MR) is 118 cm³/mol. The lowest BCUT2D eigenvalue weighted by Crippen LogP contribution is -2.24. The first-order chi connectivity index (χ1) is 14.2. The van der Waals surface area contributed by atoms with E-state index in [0.29, 0.717) is 35.1 Å². The van der Waals surface area contributed by atoms with Crippen LogP contribution in [0, 0.1) is 0 Å². The number of rotatable bonds is 10. The Kier molecular flexibility index (Phi) is 7.90. The Morgan fingerprint density at radius 2 is 1.67 bits per heavy atom. The number of sulfonamides is 1. The topological polar surface area (TPSA) is 109 Å². The number of benzene rings is 2. The largest absolute Gasteiger partial charge is 0.497 e. The van der Waals surface area contributed by atoms with Crippen LogP contribution in [0.2, 0.25) is 0 Å². The van der Waals surface area contributed by atoms with E-state index in [1.807, 2.05) is 6.92 Å². The normalized spacial score (nSPS) is 11.1. The molecule has 10 heteroatoms. The third-order valence-corrected chi connectivity index (χ3v) is 6.07. The second kappa shape index (κ2) is 10.2. The summed E-state index contributed by atoms with van der Waals surface area (Å²) in [5, 5.41) is 8.93. The molecule has 0 spiro atoms. The van der Waals surface area contributed by atoms with E-state index in [4.69, 9.17) is 9.47 Å². The summed E-state index contributed by atoms with van der Waals surface area (Å²) in [6, 6.07) is 9.78. The van der Waals surface area contributed by atoms with Gasteiger partial charge in [-0.1, -0.05) is 0 Å². The molecule has 0 radical (unpaired) electrons. The smallest absolute Gasteiger partial charge is 0.243 e. The third kappa shape index (κ3) is 5.55. The van der Waals surface area contributed by atoms with Gasteiger partial charge in [0, 0.05) is 26.7 Å². The van der Waals surface area contributed by atoms with Crippen LogP contribution in [-0.4, -0.2) is 60.0 Å². The lowest BCUT2D eigenvalue weighted by atomic mass is 10.2. The molecule has 3 N–H and O–H groups in total. The zero-order chi connectivity index (χ0) is 22.3. The molecule has 0 unspecified atom stereocenters. The Hall–Kier alpha value is -2.98. The van der Waals surface area contributed by atoms with Crippen LogP contribution in [0.5, 0.6) is 11.5 Å². The molecule has 0 aliphatic carbocycles. The maximum Gasteiger partial charge on any atom is 0.243 e. The molecular weight excluding hydrogens is 408 g/mol. The van der Waals surface area contributed by atoms with Crippen molar-refractivity contribution in [2.45, 2.75) is 11.8 Å². The highest BCUT2D eigenvalue weighted by molar-refractivity contribution is 7.89. The average molecular weight is 437 g/mol. The number of hydrogen-bond donors (Lipinski definition) is 3. The summed E-state index contributed by atoms with van der Waals surface area (Å²) in [6.07, 6.45) is 0. The van der Waals surface area contributed by atoms with E-state index >= 15 is 0 Å². The van der Waals surface area contributed by atoms with Gasteiger partial charge in [0.25, 0.3) is 0 Å². The number of nitrogens with one attached hydrogen (secondary N) is 3. The van der Waals surface area contributed by atoms with Crippen LogP contribution in [0.15, 0.2) is 41.3 Å². The highest BCUT2D eigenvalue weighted by Crippen LogP contribution is 2.29. The Balaban J connectivity index is 2.18. The van der Waals surface area contributed by atoms with Gasteiger partial charge < -0.3 is 25.4 Å². The van der Waals surface area contributed by atoms with Gasteiger partial charge >= 0.3 is 0 Å². The molecule has 0 atom stereocenters. The molecule has 0 fully saturated rings. The number of anilines is 3. The molecule has 0 aliphatic heterocycles. The number of amides is 1. The molecule has 0 aliphatic rings. The number of nitrogens with zero attached hydrogens (tertiary/aromatic N) is 1. The van der Waals surface area contributed by atoms with Crippen LogP contribution in [0.4, 0.5) is 17.1 Å². The number of carbonyl (C=O) groups is 1. The zero-order valence-electron chi connectivity index (χ0n) is 17.8. The number of hydrogen-bond acceptors (Lipinski definition) is 7. The van der Waals surface area contributed by atoms with Crippen molar-refractivity contribution in [3.63, 3.8) is 0 Å². The van der Waals surface area contributed by atoms with Gasteiger partial charge in [-0.15, -0.1) is 0 Å². The average Bonchev–Trinajstić information content (AvgIpc) is 2.73. The van der Waals surface area contributed by atoms with Gasteiger partial charge in [-0.25, -0.2) is 12.7 Å². The van der Waals surface area contributed by atoms with Gasteiger partial charge in [-0.05, 0) is 37.3 Å². The van der Waals surface area contributed by atoms with Crippen LogP contribution in [-0.2, 0) is 14.8 Å². The lowest BCUT2D eigenvalue weighted by molar-refractivity contribution is -0.114. The minimum atomic E-state index is -3.60. The molecule has 0 aromatic heterocycles. The van der Waals surface area contributed by atoms with E-state index in [-0.39, 0.29) is 17.3 Å². The maximum atomic E-state index is 12.5. The van der Waals surface area contributed by atoms with Crippen molar-refractivity contribution < 1.29 is 22.7 Å². The highest BCUT2D eigenvalue weighted by atomic mass is 32.2. The van der Waals surface area contributed by atoms with E-state index in [9.17, 15) is 13.2 Å². The summed E-state index contributed by atoms with van der Waals surface area (Å²) >= 11 is 0. The van der Waals surface area contributed by atoms with Crippen molar-refractivity contribution in [2.75, 3.05) is 57.4 Å². The van der Waals surface area contributed by atoms with E-state index in [1.54, 1.807) is 31.4 Å². The fourth-order valence-corrected chi connectivity index (χ4v) is 3.59. The molecular formula is C20H28N4O5S. The molecule has 9 nitrogen and oxygen atoms in total. The highest BCUT2D eigenvalue weighted by Gasteiger charge is 2.19. The summed E-state index contributed by atoms with van der Waals surface area (Å²) in [4.78, 5) is 12.6. The molecule has 30 heavy (non-hydrogen) atoms. The summed E-state index contributed by atoms with van der Waals surface area (Å²) in [6.45, 7) is 2.50. The Bertz CT molecular complexity index is 993. The molecule has 0 saturated carbocycles. The maximum absolute atomic E-state index is 12.5. The van der Waals surface area contributed by atoms with Crippen molar-refractivity contribution in [1.82, 2.24) is 4.31 Å². The second-order valence-corrected chi connectivity index (χ2v) is 8.64. The number of ether oxygens (including phenoxy) is 2. The van der Waals surface area contributed by atoms with Gasteiger partial charge in [0.05, 0.1) is 42.7 Å². The first-order valence-electron chi connectivity index (χ1n) is 9.29. The fourth-order valence-electron chi connectivity index (χ4n) is 2.66. The predicted octanol–water partition coefficient (Wildman–Crippen LogP) is 2.44. The molecule has 1 amide bonds. The quantitative estimate of drug-likeness (QED) is 0.525. The molecule has 0 saturated heterocycles. The lowest BCUT2D eigenvalue weighted by Gasteiger charge is -2.17. The molecule has 164 valence electrons. The standard InChI is InChI=1S/C20H28N4O5S/c1-6-21-16-10-8-15(30(26,27)24(2)3)12-18(16)22-13-20(25)23-17-9-7-14(28-4)11-19(17)29-5/h7-12,21-22H,6,13H2,1-5H3,(H,23,25). The van der Waals surface area contributed by atoms with Crippen LogP contribution in [0.1, 0.15) is 6.92 Å². The van der Waals surface area contributed by atoms with Crippen LogP contribution in [0.25, 0.3) is 0 Å². The van der Waals surface area contributed by atoms with Crippen molar-refractivity contribution in [2.24, 2.45) is 0 Å². The van der Waals surface area contributed by atoms with Gasteiger partial charge in [0.15, 0.2) is 0 Å². The zero-order valence-corrected chi connectivity index (χ0v) is 18.6. The van der Waals surface area contributed by atoms with Crippen molar-refractivity contribution in [1.29, 1.82) is 0 Å². The molecule has 2 aromatic rings. The Morgan fingerprint density at radius 1 is 0.967 bits per heavy atom. The summed E-state index contributed by atoms with van der Waals surface area (Å²) in [5.74, 6) is 0.758. The monoisotopic (exact) mass is 436 g/mol. The fraction of sp³-hybridized carbons (Fsp3) is 0.350. The van der Waals surface area contributed by atoms with E-state index in [2.05, 4.69) is 16.0 Å². The number of carbonyl (C=O) groups excluding carboxylic acids is 1. The summed E-state index contributed by atoms with van der Waals surface area (Å²) in [5.41, 5.74) is 1.71. The first kappa shape index (κ1) is 23.3. The van der Waals surface area contributed by atoms with Crippen LogP contribution in [0.3, 0.4) is 0 Å². The van der Waals surface area contributed by atoms with Crippen molar-refractivity contribution >= 4 is 33.0 Å². The Morgan fingerprint density at radius 3 is 2.27 bits per heavy atom. The number of methoxy groups -OCH3 is 2. The van der Waals surface area contributed by atoms with Crippen molar-refractivity contribution in [3.8, 4) is 11.5 Å². The van der Waals surface area contributed by atoms with E-state index in [0.717, 1.165) is 4.31 Å². The molecule has 2 rings (SSSR count). The minimum Gasteiger partial charge on any atom is -0.497 e. The van der Waals surface area contributed by atoms with E-state index in [1.165, 1.54) is 33.3 Å². The van der Waals surface area contributed by atoms with Gasteiger partial charge in [-0.2, -0.15) is 0 Å². The van der Waals surface area contributed by atoms with Crippen LogP contribution < -0.4 is 25.4 Å². The van der Waals surface area contributed by atoms with Gasteiger partial charge in [0.2, 0.25) is 15.9 Å². The minimum absolute atomic E-state index is 0.0704. The third-order valence-electron chi connectivity index (χ3n) is 4.26. The first-order valence-corrected chi connectivity index (χ1v) is 10.7. The molecule has 0 bridgehead atoms. The molecule has 2 aromatic carbocycles. The van der Waals surface area contributed by atoms with Gasteiger partial charge in [0.1, 0.15) is 11.5 Å². The van der Waals surface area contributed by atoms with Gasteiger partial charge in [-0.3, -0.25) is 4.79 Å². The van der Waals surface area contributed by atoms with Crippen LogP contribution >= 0.6 is 0 Å². The second-order valence-electron chi connectivity index (χ2n) is 6.49. The molecule has 0 heterocycles. The van der Waals surface area contributed by atoms with Crippen molar-refractivity contribution in [3.05, 3.63) is 36.4 Å². The Labute approximate surface area is 177 Å².